The number of thiazole rings is 1. The number of carbonyl (C=O) groups is 1. The summed E-state index contributed by atoms with van der Waals surface area (Å²) in [6, 6.07) is 29.2. The number of aromatic nitrogens is 1. The van der Waals surface area contributed by atoms with Crippen LogP contribution in [-0.2, 0) is 16.1 Å². The molecule has 2 heterocycles. The molecule has 0 spiro atoms. The van der Waals surface area contributed by atoms with Crippen molar-refractivity contribution in [1.82, 2.24) is 4.57 Å². The first-order valence-electron chi connectivity index (χ1n) is 14.4. The molecule has 0 bridgehead atoms. The van der Waals surface area contributed by atoms with Crippen molar-refractivity contribution < 1.29 is 14.3 Å². The predicted molar refractivity (Wildman–Crippen MR) is 200 cm³/mol. The highest BCUT2D eigenvalue weighted by molar-refractivity contribution is 14.1. The van der Waals surface area contributed by atoms with E-state index in [9.17, 15) is 14.9 Å². The van der Waals surface area contributed by atoms with Crippen LogP contribution in [0.3, 0.4) is 0 Å². The van der Waals surface area contributed by atoms with Gasteiger partial charge in [0.05, 0.1) is 47.2 Å². The summed E-state index contributed by atoms with van der Waals surface area (Å²) in [5, 5.41) is 9.98. The fraction of sp³-hybridized carbons (Fsp3) is 0.111. The molecule has 0 radical (unpaired) electrons. The third kappa shape index (κ3) is 6.94. The van der Waals surface area contributed by atoms with Crippen molar-refractivity contribution in [3.8, 4) is 11.8 Å². The van der Waals surface area contributed by atoms with Gasteiger partial charge < -0.3 is 9.47 Å². The van der Waals surface area contributed by atoms with E-state index in [1.807, 2.05) is 78.9 Å². The summed E-state index contributed by atoms with van der Waals surface area (Å²) in [6.45, 7) is 2.17. The van der Waals surface area contributed by atoms with E-state index in [0.717, 1.165) is 23.8 Å². The number of ether oxygens (including phenoxy) is 2. The van der Waals surface area contributed by atoms with Gasteiger partial charge in [-0.1, -0.05) is 83.6 Å². The number of esters is 1. The standard InChI is InChI=1S/C36H24ClI2N3O4S/c1-2-45-35(44)30-31(22-8-4-3-5-9-22)41-36-42(32(30)23-12-14-26(37)15-13-23)34(43)29(47-36)18-21-16-27(38)33(28(39)17-21)46-20-25-11-7-6-10-24(25)19-40/h3-18,32H,2,20H2,1H3/b29-18-/t32-/m1/s1. The largest absolute Gasteiger partial charge is 0.487 e. The van der Waals surface area contributed by atoms with Crippen LogP contribution in [0.25, 0.3) is 11.8 Å². The highest BCUT2D eigenvalue weighted by Crippen LogP contribution is 2.36. The zero-order chi connectivity index (χ0) is 33.1. The summed E-state index contributed by atoms with van der Waals surface area (Å²) in [6.07, 6.45) is 1.83. The number of fused-ring (bicyclic) bond motifs is 1. The summed E-state index contributed by atoms with van der Waals surface area (Å²) in [7, 11) is 0. The van der Waals surface area contributed by atoms with Crippen LogP contribution in [0.15, 0.2) is 106 Å². The van der Waals surface area contributed by atoms with Crippen LogP contribution in [0, 0.1) is 18.5 Å². The van der Waals surface area contributed by atoms with Crippen molar-refractivity contribution in [2.45, 2.75) is 19.6 Å². The number of nitriles is 1. The topological polar surface area (TPSA) is 93.7 Å². The Kier molecular flexibility index (Phi) is 10.3. The number of benzene rings is 4. The monoisotopic (exact) mass is 883 g/mol. The Labute approximate surface area is 306 Å². The molecule has 1 aliphatic rings. The summed E-state index contributed by atoms with van der Waals surface area (Å²) in [5.74, 6) is 0.160. The summed E-state index contributed by atoms with van der Waals surface area (Å²) >= 11 is 11.9. The van der Waals surface area contributed by atoms with Crippen LogP contribution in [-0.4, -0.2) is 17.1 Å². The van der Waals surface area contributed by atoms with Crippen molar-refractivity contribution in [2.24, 2.45) is 4.99 Å². The molecule has 234 valence electrons. The SMILES string of the molecule is CCOC(=O)C1=C(c2ccccc2)N=c2s/c(=C\c3cc(I)c(OCc4ccccc4C#N)c(I)c3)c(=O)n2[C@@H]1c1ccc(Cl)cc1. The average Bonchev–Trinajstić information content (AvgIpc) is 3.38. The second kappa shape index (κ2) is 14.6. The average molecular weight is 884 g/mol. The van der Waals surface area contributed by atoms with E-state index in [1.54, 1.807) is 29.7 Å². The molecule has 0 aliphatic carbocycles. The summed E-state index contributed by atoms with van der Waals surface area (Å²) in [4.78, 5) is 33.2. The molecule has 11 heteroatoms. The molecule has 6 rings (SSSR count). The molecular formula is C36H24ClI2N3O4S. The van der Waals surface area contributed by atoms with Gasteiger partial charge in [0.25, 0.3) is 5.56 Å². The van der Waals surface area contributed by atoms with Gasteiger partial charge in [-0.15, -0.1) is 0 Å². The van der Waals surface area contributed by atoms with Gasteiger partial charge in [0.1, 0.15) is 12.4 Å². The molecule has 5 aromatic rings. The van der Waals surface area contributed by atoms with Crippen molar-refractivity contribution in [3.05, 3.63) is 156 Å². The second-order valence-corrected chi connectivity index (χ2v) is 14.1. The minimum atomic E-state index is -0.785. The number of nitrogens with zero attached hydrogens (tertiary/aromatic N) is 3. The molecule has 0 saturated carbocycles. The molecule has 0 amide bonds. The van der Waals surface area contributed by atoms with Crippen molar-refractivity contribution in [2.75, 3.05) is 6.61 Å². The maximum Gasteiger partial charge on any atom is 0.338 e. The molecule has 4 aromatic carbocycles. The van der Waals surface area contributed by atoms with E-state index in [1.165, 1.54) is 11.3 Å². The van der Waals surface area contributed by atoms with Gasteiger partial charge in [-0.3, -0.25) is 9.36 Å². The third-order valence-electron chi connectivity index (χ3n) is 7.39. The Bertz CT molecular complexity index is 2240. The van der Waals surface area contributed by atoms with E-state index in [-0.39, 0.29) is 24.3 Å². The minimum absolute atomic E-state index is 0.171. The zero-order valence-corrected chi connectivity index (χ0v) is 30.6. The van der Waals surface area contributed by atoms with Crippen LogP contribution in [0.1, 0.15) is 40.8 Å². The van der Waals surface area contributed by atoms with Gasteiger partial charge in [0.15, 0.2) is 4.80 Å². The van der Waals surface area contributed by atoms with Gasteiger partial charge in [-0.05, 0) is 99.6 Å². The Balaban J connectivity index is 1.47. The van der Waals surface area contributed by atoms with Gasteiger partial charge in [0, 0.05) is 16.1 Å². The zero-order valence-electron chi connectivity index (χ0n) is 24.7. The maximum atomic E-state index is 14.2. The highest BCUT2D eigenvalue weighted by Gasteiger charge is 2.35. The normalized spacial score (nSPS) is 14.3. The van der Waals surface area contributed by atoms with Crippen LogP contribution in [0.5, 0.6) is 5.75 Å². The molecule has 7 nitrogen and oxygen atoms in total. The summed E-state index contributed by atoms with van der Waals surface area (Å²) in [5.41, 5.74) is 4.09. The molecule has 0 unspecified atom stereocenters. The lowest BCUT2D eigenvalue weighted by molar-refractivity contribution is -0.138. The van der Waals surface area contributed by atoms with Crippen molar-refractivity contribution in [3.63, 3.8) is 0 Å². The molecule has 0 fully saturated rings. The van der Waals surface area contributed by atoms with Crippen LogP contribution >= 0.6 is 68.1 Å². The summed E-state index contributed by atoms with van der Waals surface area (Å²) < 4.78 is 15.4. The number of hydrogen-bond donors (Lipinski definition) is 0. The third-order valence-corrected chi connectivity index (χ3v) is 10.2. The molecule has 1 aromatic heterocycles. The Morgan fingerprint density at radius 3 is 2.40 bits per heavy atom. The maximum absolute atomic E-state index is 14.2. The lowest BCUT2D eigenvalue weighted by Gasteiger charge is -2.25. The van der Waals surface area contributed by atoms with Crippen LogP contribution < -0.4 is 19.6 Å². The van der Waals surface area contributed by atoms with Gasteiger partial charge in [-0.25, -0.2) is 9.79 Å². The Morgan fingerprint density at radius 2 is 1.72 bits per heavy atom. The lowest BCUT2D eigenvalue weighted by Crippen LogP contribution is -2.40. The molecule has 0 N–H and O–H groups in total. The number of rotatable bonds is 8. The molecule has 1 atom stereocenters. The van der Waals surface area contributed by atoms with Gasteiger partial charge in [0.2, 0.25) is 0 Å². The fourth-order valence-electron chi connectivity index (χ4n) is 5.26. The fourth-order valence-corrected chi connectivity index (χ4v) is 8.51. The first-order valence-corrected chi connectivity index (χ1v) is 17.8. The Morgan fingerprint density at radius 1 is 1.04 bits per heavy atom. The molecule has 1 aliphatic heterocycles. The molecule has 0 saturated heterocycles. The van der Waals surface area contributed by atoms with E-state index in [0.29, 0.717) is 36.9 Å². The first-order chi connectivity index (χ1) is 22.8. The van der Waals surface area contributed by atoms with Crippen LogP contribution in [0.2, 0.25) is 5.02 Å². The van der Waals surface area contributed by atoms with E-state index >= 15 is 0 Å². The predicted octanol–water partition coefficient (Wildman–Crippen LogP) is 7.25. The van der Waals surface area contributed by atoms with E-state index < -0.39 is 12.0 Å². The van der Waals surface area contributed by atoms with Crippen LogP contribution in [0.4, 0.5) is 0 Å². The first kappa shape index (κ1) is 33.1. The number of carbonyl (C=O) groups excluding carboxylic acids is 1. The number of hydrogen-bond acceptors (Lipinski definition) is 7. The number of halogens is 3. The van der Waals surface area contributed by atoms with Crippen molar-refractivity contribution >= 4 is 85.9 Å². The highest BCUT2D eigenvalue weighted by atomic mass is 127. The van der Waals surface area contributed by atoms with Gasteiger partial charge in [-0.2, -0.15) is 5.26 Å². The van der Waals surface area contributed by atoms with Crippen molar-refractivity contribution in [1.29, 1.82) is 5.26 Å². The Hall–Kier alpha value is -3.77. The smallest absolute Gasteiger partial charge is 0.338 e. The second-order valence-electron chi connectivity index (χ2n) is 10.4. The van der Waals surface area contributed by atoms with Gasteiger partial charge >= 0.3 is 5.97 Å². The minimum Gasteiger partial charge on any atom is -0.487 e. The van der Waals surface area contributed by atoms with E-state index in [2.05, 4.69) is 51.3 Å². The molecule has 47 heavy (non-hydrogen) atoms. The lowest BCUT2D eigenvalue weighted by atomic mass is 9.93. The quantitative estimate of drug-likeness (QED) is 0.121. The van der Waals surface area contributed by atoms with E-state index in [4.69, 9.17) is 26.1 Å². The molecular weight excluding hydrogens is 860 g/mol.